The van der Waals surface area contributed by atoms with Crippen LogP contribution in [-0.2, 0) is 27.1 Å². The molecule has 0 N–H and O–H groups in total. The molecule has 9 aromatic carbocycles. The third-order valence-electron chi connectivity index (χ3n) is 15.9. The highest BCUT2D eigenvalue weighted by Crippen LogP contribution is 2.64. The van der Waals surface area contributed by atoms with Crippen molar-refractivity contribution < 1.29 is 0 Å². The maximum absolute atomic E-state index is 2.52. The molecule has 0 saturated heterocycles. The van der Waals surface area contributed by atoms with Crippen LogP contribution in [-0.4, -0.2) is 0 Å². The number of rotatable bonds is 5. The number of fused-ring (bicyclic) bond motifs is 13. The van der Waals surface area contributed by atoms with Gasteiger partial charge in [-0.1, -0.05) is 232 Å². The molecule has 3 aliphatic carbocycles. The van der Waals surface area contributed by atoms with E-state index < -0.39 is 10.8 Å². The zero-order valence-corrected chi connectivity index (χ0v) is 41.6. The average Bonchev–Trinajstić information content (AvgIpc) is 3.93. The van der Waals surface area contributed by atoms with Crippen molar-refractivity contribution >= 4 is 17.1 Å². The highest BCUT2D eigenvalue weighted by Gasteiger charge is 2.52. The van der Waals surface area contributed by atoms with Crippen LogP contribution in [0, 0.1) is 0 Å². The van der Waals surface area contributed by atoms with Crippen LogP contribution in [0.1, 0.15) is 124 Å². The normalized spacial score (nSPS) is 16.1. The van der Waals surface area contributed by atoms with E-state index in [-0.39, 0.29) is 16.2 Å². The van der Waals surface area contributed by atoms with E-state index >= 15 is 0 Å². The zero-order valence-electron chi connectivity index (χ0n) is 41.6. The molecule has 0 aliphatic heterocycles. The Labute approximate surface area is 410 Å². The minimum atomic E-state index is -0.560. The first-order chi connectivity index (χ1) is 33.1. The van der Waals surface area contributed by atoms with Crippen molar-refractivity contribution in [3.8, 4) is 33.4 Å². The second-order valence-corrected chi connectivity index (χ2v) is 22.9. The molecule has 0 saturated carbocycles. The van der Waals surface area contributed by atoms with E-state index in [4.69, 9.17) is 0 Å². The standard InChI is InChI=1S/C68H61N/c1-64(2,3)44-27-31-46(32-28-44)67(47-33-29-45(30-34-47)65(4,5)6)58-24-16-13-21-52(58)56-39-36-51(43-63(56)67)69(49-19-11-10-12-20-49)50-37-40-61-57(42-50)54-23-15-18-26-60(54)68(61)59-25-17-14-22-53(59)55-38-35-48(41-62(55)68)66(7,8)9/h10-43H,1-9H3. The Morgan fingerprint density at radius 3 is 1.16 bits per heavy atom. The number of hydrogen-bond acceptors (Lipinski definition) is 1. The van der Waals surface area contributed by atoms with Gasteiger partial charge >= 0.3 is 0 Å². The predicted octanol–water partition coefficient (Wildman–Crippen LogP) is 17.8. The summed E-state index contributed by atoms with van der Waals surface area (Å²) in [7, 11) is 0. The number of hydrogen-bond donors (Lipinski definition) is 0. The molecule has 0 amide bonds. The van der Waals surface area contributed by atoms with Crippen molar-refractivity contribution in [2.45, 2.75) is 89.4 Å². The van der Waals surface area contributed by atoms with E-state index in [0.29, 0.717) is 0 Å². The summed E-state index contributed by atoms with van der Waals surface area (Å²) in [5.41, 5.74) is 24.9. The maximum atomic E-state index is 2.52. The van der Waals surface area contributed by atoms with Gasteiger partial charge in [0.25, 0.3) is 0 Å². The summed E-state index contributed by atoms with van der Waals surface area (Å²) in [5.74, 6) is 0. The Morgan fingerprint density at radius 1 is 0.261 bits per heavy atom. The van der Waals surface area contributed by atoms with Crippen molar-refractivity contribution in [3.63, 3.8) is 0 Å². The van der Waals surface area contributed by atoms with Gasteiger partial charge in [-0.25, -0.2) is 0 Å². The lowest BCUT2D eigenvalue weighted by atomic mass is 9.67. The van der Waals surface area contributed by atoms with Crippen LogP contribution < -0.4 is 4.90 Å². The summed E-state index contributed by atoms with van der Waals surface area (Å²) < 4.78 is 0. The van der Waals surface area contributed by atoms with Crippen LogP contribution >= 0.6 is 0 Å². The van der Waals surface area contributed by atoms with Crippen molar-refractivity contribution in [2.24, 2.45) is 0 Å². The average molecular weight is 892 g/mol. The first-order valence-electron chi connectivity index (χ1n) is 24.9. The van der Waals surface area contributed by atoms with Crippen molar-refractivity contribution in [2.75, 3.05) is 4.90 Å². The van der Waals surface area contributed by atoms with Crippen LogP contribution in [0.3, 0.4) is 0 Å². The first-order valence-corrected chi connectivity index (χ1v) is 24.9. The smallest absolute Gasteiger partial charge is 0.0725 e. The monoisotopic (exact) mass is 891 g/mol. The molecule has 1 unspecified atom stereocenters. The molecule has 69 heavy (non-hydrogen) atoms. The summed E-state index contributed by atoms with van der Waals surface area (Å²) in [6, 6.07) is 79.4. The molecule has 338 valence electrons. The molecule has 1 spiro atoms. The first kappa shape index (κ1) is 43.1. The second-order valence-electron chi connectivity index (χ2n) is 22.9. The topological polar surface area (TPSA) is 3.24 Å². The van der Waals surface area contributed by atoms with Crippen LogP contribution in [0.4, 0.5) is 17.1 Å². The second kappa shape index (κ2) is 15.1. The molecule has 12 rings (SSSR count). The molecule has 0 fully saturated rings. The van der Waals surface area contributed by atoms with Crippen molar-refractivity contribution in [1.82, 2.24) is 0 Å². The van der Waals surface area contributed by atoms with Gasteiger partial charge in [0.1, 0.15) is 0 Å². The molecular formula is C68H61N. The third-order valence-corrected chi connectivity index (χ3v) is 15.9. The van der Waals surface area contributed by atoms with E-state index in [1.54, 1.807) is 0 Å². The quantitative estimate of drug-likeness (QED) is 0.166. The fourth-order valence-electron chi connectivity index (χ4n) is 12.4. The lowest BCUT2D eigenvalue weighted by Crippen LogP contribution is -2.29. The van der Waals surface area contributed by atoms with E-state index in [2.05, 4.69) is 273 Å². The van der Waals surface area contributed by atoms with Gasteiger partial charge in [-0.05, 0) is 147 Å². The summed E-state index contributed by atoms with van der Waals surface area (Å²) in [6.45, 7) is 20.8. The molecular weight excluding hydrogens is 831 g/mol. The highest BCUT2D eigenvalue weighted by molar-refractivity contribution is 5.97. The Bertz CT molecular complexity index is 3420. The Morgan fingerprint density at radius 2 is 0.638 bits per heavy atom. The summed E-state index contributed by atoms with van der Waals surface area (Å²) in [5, 5.41) is 0. The highest BCUT2D eigenvalue weighted by atomic mass is 15.1. The number of para-hydroxylation sites is 1. The molecule has 0 heterocycles. The maximum Gasteiger partial charge on any atom is 0.0725 e. The van der Waals surface area contributed by atoms with Gasteiger partial charge < -0.3 is 4.90 Å². The van der Waals surface area contributed by atoms with E-state index in [0.717, 1.165) is 17.1 Å². The van der Waals surface area contributed by atoms with Gasteiger partial charge in [-0.3, -0.25) is 0 Å². The number of nitrogens with zero attached hydrogens (tertiary/aromatic N) is 1. The Balaban J connectivity index is 1.10. The van der Waals surface area contributed by atoms with Crippen LogP contribution in [0.5, 0.6) is 0 Å². The molecule has 9 aromatic rings. The van der Waals surface area contributed by atoms with Gasteiger partial charge in [-0.15, -0.1) is 0 Å². The van der Waals surface area contributed by atoms with E-state index in [9.17, 15) is 0 Å². The largest absolute Gasteiger partial charge is 0.310 e. The van der Waals surface area contributed by atoms with Gasteiger partial charge in [0, 0.05) is 17.1 Å². The summed E-state index contributed by atoms with van der Waals surface area (Å²) in [4.78, 5) is 2.49. The SMILES string of the molecule is CC(C)(C)c1ccc(C2(c3ccc(C(C)(C)C)cc3)c3ccccc3-c3ccc(N(c4ccccc4)c4ccc5c(c4)-c4ccccc4C54c5ccccc5-c5ccc(C(C)(C)C)cc54)cc32)cc1. The van der Waals surface area contributed by atoms with E-state index in [1.807, 2.05) is 0 Å². The van der Waals surface area contributed by atoms with Gasteiger partial charge in [0.05, 0.1) is 10.8 Å². The minimum absolute atomic E-state index is 0.00651. The number of benzene rings is 9. The number of anilines is 3. The summed E-state index contributed by atoms with van der Waals surface area (Å²) in [6.07, 6.45) is 0. The predicted molar refractivity (Wildman–Crippen MR) is 291 cm³/mol. The fraction of sp³-hybridized carbons (Fsp3) is 0.206. The van der Waals surface area contributed by atoms with Crippen molar-refractivity contribution in [3.05, 3.63) is 267 Å². The Kier molecular flexibility index (Phi) is 9.45. The van der Waals surface area contributed by atoms with E-state index in [1.165, 1.54) is 94.6 Å². The van der Waals surface area contributed by atoms with Crippen LogP contribution in [0.15, 0.2) is 206 Å². The van der Waals surface area contributed by atoms with Gasteiger partial charge in [0.15, 0.2) is 0 Å². The minimum Gasteiger partial charge on any atom is -0.310 e. The molecule has 1 atom stereocenters. The summed E-state index contributed by atoms with van der Waals surface area (Å²) >= 11 is 0. The van der Waals surface area contributed by atoms with Gasteiger partial charge in [0.2, 0.25) is 0 Å². The molecule has 0 aromatic heterocycles. The van der Waals surface area contributed by atoms with Crippen LogP contribution in [0.25, 0.3) is 33.4 Å². The Hall–Kier alpha value is -7.22. The molecule has 0 radical (unpaired) electrons. The molecule has 3 aliphatic rings. The lowest BCUT2D eigenvalue weighted by Gasteiger charge is -2.36. The van der Waals surface area contributed by atoms with Gasteiger partial charge in [-0.2, -0.15) is 0 Å². The third kappa shape index (κ3) is 6.29. The van der Waals surface area contributed by atoms with Crippen LogP contribution in [0.2, 0.25) is 0 Å². The zero-order chi connectivity index (χ0) is 47.7. The molecule has 1 nitrogen and oxygen atoms in total. The fourth-order valence-corrected chi connectivity index (χ4v) is 12.4. The molecule has 1 heteroatoms. The molecule has 0 bridgehead atoms. The lowest BCUT2D eigenvalue weighted by molar-refractivity contribution is 0.588. The van der Waals surface area contributed by atoms with Crippen molar-refractivity contribution in [1.29, 1.82) is 0 Å².